The normalized spacial score (nSPS) is 10.4. The van der Waals surface area contributed by atoms with Gasteiger partial charge in [-0.25, -0.2) is 0 Å². The van der Waals surface area contributed by atoms with E-state index in [-0.39, 0.29) is 11.3 Å². The van der Waals surface area contributed by atoms with E-state index >= 15 is 0 Å². The van der Waals surface area contributed by atoms with Gasteiger partial charge in [0.1, 0.15) is 5.75 Å². The summed E-state index contributed by atoms with van der Waals surface area (Å²) in [5, 5.41) is 2.57. The monoisotopic (exact) mass is 244 g/mol. The number of ether oxygens (including phenoxy) is 1. The van der Waals surface area contributed by atoms with Gasteiger partial charge >= 0.3 is 6.61 Å². The number of nitrogens with one attached hydrogen (secondary N) is 1. The Labute approximate surface area is 97.8 Å². The number of amides is 1. The van der Waals surface area contributed by atoms with Crippen LogP contribution in [-0.4, -0.2) is 25.6 Å². The first-order valence-electron chi connectivity index (χ1n) is 5.17. The number of halogens is 2. The van der Waals surface area contributed by atoms with Crippen molar-refractivity contribution in [2.45, 2.75) is 13.0 Å². The van der Waals surface area contributed by atoms with Crippen LogP contribution in [0.15, 0.2) is 24.3 Å². The van der Waals surface area contributed by atoms with E-state index < -0.39 is 12.5 Å². The molecule has 0 aliphatic rings. The van der Waals surface area contributed by atoms with E-state index in [9.17, 15) is 13.6 Å². The average Bonchev–Trinajstić information content (AvgIpc) is 2.29. The number of hydrogen-bond donors (Lipinski definition) is 2. The second-order valence-corrected chi connectivity index (χ2v) is 3.27. The molecule has 0 aromatic heterocycles. The molecule has 0 aliphatic heterocycles. The zero-order valence-corrected chi connectivity index (χ0v) is 9.16. The Morgan fingerprint density at radius 2 is 2.12 bits per heavy atom. The molecule has 1 aromatic rings. The van der Waals surface area contributed by atoms with Gasteiger partial charge < -0.3 is 15.8 Å². The van der Waals surface area contributed by atoms with Crippen LogP contribution in [0.25, 0.3) is 0 Å². The van der Waals surface area contributed by atoms with Crippen LogP contribution in [0, 0.1) is 0 Å². The van der Waals surface area contributed by atoms with E-state index in [0.717, 1.165) is 0 Å². The molecule has 0 heterocycles. The molecule has 1 amide bonds. The number of carbonyl (C=O) groups excluding carboxylic acids is 1. The third kappa shape index (κ3) is 4.36. The van der Waals surface area contributed by atoms with Gasteiger partial charge in [0.05, 0.1) is 5.56 Å². The van der Waals surface area contributed by atoms with Crippen molar-refractivity contribution in [3.63, 3.8) is 0 Å². The van der Waals surface area contributed by atoms with E-state index in [1.807, 2.05) is 0 Å². The van der Waals surface area contributed by atoms with E-state index in [1.54, 1.807) is 6.07 Å². The molecule has 1 rings (SSSR count). The number of carbonyl (C=O) groups is 1. The lowest BCUT2D eigenvalue weighted by Gasteiger charge is -2.10. The second-order valence-electron chi connectivity index (χ2n) is 3.27. The van der Waals surface area contributed by atoms with Gasteiger partial charge in [-0.1, -0.05) is 12.1 Å². The van der Waals surface area contributed by atoms with Crippen LogP contribution in [0.2, 0.25) is 0 Å². The lowest BCUT2D eigenvalue weighted by Crippen LogP contribution is -2.26. The summed E-state index contributed by atoms with van der Waals surface area (Å²) < 4.78 is 28.5. The Hall–Kier alpha value is -1.69. The second kappa shape index (κ2) is 6.80. The molecule has 6 heteroatoms. The molecule has 1 aromatic carbocycles. The minimum absolute atomic E-state index is 0.0878. The van der Waals surface area contributed by atoms with Crippen molar-refractivity contribution in [3.8, 4) is 5.75 Å². The molecule has 4 nitrogen and oxygen atoms in total. The lowest BCUT2D eigenvalue weighted by atomic mass is 10.2. The first-order valence-corrected chi connectivity index (χ1v) is 5.17. The summed E-state index contributed by atoms with van der Waals surface area (Å²) in [6.45, 7) is -2.10. The molecule has 0 unspecified atom stereocenters. The molecule has 0 aliphatic carbocycles. The van der Waals surface area contributed by atoms with Crippen LogP contribution in [0.4, 0.5) is 8.78 Å². The van der Waals surface area contributed by atoms with Crippen molar-refractivity contribution >= 4 is 5.91 Å². The van der Waals surface area contributed by atoms with E-state index in [0.29, 0.717) is 19.5 Å². The van der Waals surface area contributed by atoms with Crippen LogP contribution in [-0.2, 0) is 0 Å². The highest BCUT2D eigenvalue weighted by molar-refractivity contribution is 5.96. The van der Waals surface area contributed by atoms with Gasteiger partial charge in [-0.2, -0.15) is 8.78 Å². The summed E-state index contributed by atoms with van der Waals surface area (Å²) >= 11 is 0. The van der Waals surface area contributed by atoms with Crippen LogP contribution in [0.5, 0.6) is 5.75 Å². The molecule has 0 saturated heterocycles. The highest BCUT2D eigenvalue weighted by Crippen LogP contribution is 2.19. The van der Waals surface area contributed by atoms with Gasteiger partial charge in [-0.15, -0.1) is 0 Å². The first-order chi connectivity index (χ1) is 8.15. The first kappa shape index (κ1) is 13.4. The zero-order chi connectivity index (χ0) is 12.7. The fourth-order valence-electron chi connectivity index (χ4n) is 1.25. The molecule has 0 radical (unpaired) electrons. The quantitative estimate of drug-likeness (QED) is 0.743. The Kier molecular flexibility index (Phi) is 5.35. The predicted octanol–water partition coefficient (Wildman–Crippen LogP) is 1.37. The fourth-order valence-corrected chi connectivity index (χ4v) is 1.25. The summed E-state index contributed by atoms with van der Waals surface area (Å²) in [4.78, 5) is 11.6. The molecule has 17 heavy (non-hydrogen) atoms. The maximum absolute atomic E-state index is 12.1. The number of hydrogen-bond acceptors (Lipinski definition) is 3. The Bertz CT molecular complexity index is 372. The SMILES string of the molecule is NCCCNC(=O)c1ccccc1OC(F)F. The van der Waals surface area contributed by atoms with Crippen LogP contribution < -0.4 is 15.8 Å². The van der Waals surface area contributed by atoms with Gasteiger partial charge in [0.15, 0.2) is 0 Å². The van der Waals surface area contributed by atoms with E-state index in [2.05, 4.69) is 10.1 Å². The third-order valence-corrected chi connectivity index (χ3v) is 2.01. The number of para-hydroxylation sites is 1. The van der Waals surface area contributed by atoms with Crippen molar-refractivity contribution in [1.29, 1.82) is 0 Å². The van der Waals surface area contributed by atoms with Gasteiger partial charge in [0, 0.05) is 6.54 Å². The van der Waals surface area contributed by atoms with Crippen LogP contribution in [0.1, 0.15) is 16.8 Å². The predicted molar refractivity (Wildman–Crippen MR) is 59.1 cm³/mol. The largest absolute Gasteiger partial charge is 0.434 e. The smallest absolute Gasteiger partial charge is 0.387 e. The van der Waals surface area contributed by atoms with Crippen LogP contribution in [0.3, 0.4) is 0 Å². The van der Waals surface area contributed by atoms with E-state index in [4.69, 9.17) is 5.73 Å². The number of benzene rings is 1. The number of alkyl halides is 2. The van der Waals surface area contributed by atoms with Crippen LogP contribution >= 0.6 is 0 Å². The van der Waals surface area contributed by atoms with Crippen molar-refractivity contribution < 1.29 is 18.3 Å². The fraction of sp³-hybridized carbons (Fsp3) is 0.364. The number of nitrogens with two attached hydrogens (primary N) is 1. The van der Waals surface area contributed by atoms with Crippen molar-refractivity contribution in [1.82, 2.24) is 5.32 Å². The highest BCUT2D eigenvalue weighted by atomic mass is 19.3. The molecule has 94 valence electrons. The van der Waals surface area contributed by atoms with Gasteiger partial charge in [0.2, 0.25) is 0 Å². The Morgan fingerprint density at radius 1 is 1.41 bits per heavy atom. The summed E-state index contributed by atoms with van der Waals surface area (Å²) in [5.41, 5.74) is 5.36. The van der Waals surface area contributed by atoms with Crippen molar-refractivity contribution in [2.75, 3.05) is 13.1 Å². The molecule has 0 spiro atoms. The highest BCUT2D eigenvalue weighted by Gasteiger charge is 2.14. The van der Waals surface area contributed by atoms with Gasteiger partial charge in [-0.05, 0) is 25.1 Å². The zero-order valence-electron chi connectivity index (χ0n) is 9.16. The molecular weight excluding hydrogens is 230 g/mol. The summed E-state index contributed by atoms with van der Waals surface area (Å²) in [6, 6.07) is 5.85. The lowest BCUT2D eigenvalue weighted by molar-refractivity contribution is -0.0501. The topological polar surface area (TPSA) is 64.3 Å². The third-order valence-electron chi connectivity index (χ3n) is 2.01. The minimum atomic E-state index is -2.95. The molecule has 0 bridgehead atoms. The minimum Gasteiger partial charge on any atom is -0.434 e. The number of rotatable bonds is 6. The Morgan fingerprint density at radius 3 is 2.76 bits per heavy atom. The molecular formula is C11H14F2N2O2. The summed E-state index contributed by atoms with van der Waals surface area (Å²) in [7, 11) is 0. The summed E-state index contributed by atoms with van der Waals surface area (Å²) in [6.07, 6.45) is 0.629. The average molecular weight is 244 g/mol. The van der Waals surface area contributed by atoms with Crippen molar-refractivity contribution in [2.24, 2.45) is 5.73 Å². The molecule has 0 saturated carbocycles. The molecule has 0 atom stereocenters. The van der Waals surface area contributed by atoms with Crippen molar-refractivity contribution in [3.05, 3.63) is 29.8 Å². The van der Waals surface area contributed by atoms with E-state index in [1.165, 1.54) is 18.2 Å². The maximum atomic E-state index is 12.1. The summed E-state index contributed by atoms with van der Waals surface area (Å²) in [5.74, 6) is -0.581. The maximum Gasteiger partial charge on any atom is 0.387 e. The molecule has 3 N–H and O–H groups in total. The molecule has 0 fully saturated rings. The van der Waals surface area contributed by atoms with Gasteiger partial charge in [-0.3, -0.25) is 4.79 Å². The van der Waals surface area contributed by atoms with Gasteiger partial charge in [0.25, 0.3) is 5.91 Å². The Balaban J connectivity index is 2.71. The standard InChI is InChI=1S/C11H14F2N2O2/c12-11(13)17-9-5-2-1-4-8(9)10(16)15-7-3-6-14/h1-2,4-5,11H,3,6-7,14H2,(H,15,16).